The average molecular weight is 366 g/mol. The molecule has 1 heterocycles. The molecule has 0 spiro atoms. The Balaban J connectivity index is 1.59. The van der Waals surface area contributed by atoms with E-state index in [1.54, 1.807) is 36.3 Å². The van der Waals surface area contributed by atoms with E-state index in [2.05, 4.69) is 10.2 Å². The third-order valence-corrected chi connectivity index (χ3v) is 4.53. The van der Waals surface area contributed by atoms with E-state index < -0.39 is 0 Å². The van der Waals surface area contributed by atoms with Gasteiger partial charge in [-0.3, -0.25) is 4.57 Å². The van der Waals surface area contributed by atoms with E-state index >= 15 is 0 Å². The SMILES string of the molecule is Clc1cccc(Cl)c1OCCSc1nncn1-c1ccccc1. The van der Waals surface area contributed by atoms with Crippen LogP contribution in [0.15, 0.2) is 60.0 Å². The van der Waals surface area contributed by atoms with Crippen molar-refractivity contribution in [3.05, 3.63) is 64.9 Å². The van der Waals surface area contributed by atoms with Crippen LogP contribution in [0.1, 0.15) is 0 Å². The highest BCUT2D eigenvalue weighted by Gasteiger charge is 2.09. The van der Waals surface area contributed by atoms with Crippen LogP contribution >= 0.6 is 35.0 Å². The average Bonchev–Trinajstić information content (AvgIpc) is 3.03. The first kappa shape index (κ1) is 16.2. The van der Waals surface area contributed by atoms with E-state index in [1.807, 2.05) is 34.9 Å². The highest BCUT2D eigenvalue weighted by Crippen LogP contribution is 2.32. The van der Waals surface area contributed by atoms with Gasteiger partial charge >= 0.3 is 0 Å². The van der Waals surface area contributed by atoms with Gasteiger partial charge in [0.05, 0.1) is 16.7 Å². The molecule has 0 N–H and O–H groups in total. The maximum Gasteiger partial charge on any atom is 0.195 e. The molecule has 0 amide bonds. The molecule has 0 aliphatic heterocycles. The summed E-state index contributed by atoms with van der Waals surface area (Å²) in [6.45, 7) is 0.468. The zero-order chi connectivity index (χ0) is 16.1. The van der Waals surface area contributed by atoms with Crippen molar-refractivity contribution in [1.29, 1.82) is 0 Å². The molecule has 118 valence electrons. The molecule has 0 fully saturated rings. The molecule has 0 bridgehead atoms. The van der Waals surface area contributed by atoms with Gasteiger partial charge in [-0.05, 0) is 24.3 Å². The highest BCUT2D eigenvalue weighted by atomic mass is 35.5. The Bertz CT molecular complexity index is 760. The smallest absolute Gasteiger partial charge is 0.195 e. The van der Waals surface area contributed by atoms with Crippen LogP contribution in [0.2, 0.25) is 10.0 Å². The second kappa shape index (κ2) is 7.73. The summed E-state index contributed by atoms with van der Waals surface area (Å²) in [6, 6.07) is 15.2. The van der Waals surface area contributed by atoms with E-state index in [9.17, 15) is 0 Å². The molecule has 0 saturated heterocycles. The monoisotopic (exact) mass is 365 g/mol. The number of aromatic nitrogens is 3. The van der Waals surface area contributed by atoms with Crippen molar-refractivity contribution in [2.75, 3.05) is 12.4 Å². The van der Waals surface area contributed by atoms with Crippen molar-refractivity contribution < 1.29 is 4.74 Å². The van der Waals surface area contributed by atoms with Gasteiger partial charge in [0.1, 0.15) is 6.33 Å². The molecule has 3 aromatic rings. The molecule has 1 aromatic heterocycles. The summed E-state index contributed by atoms with van der Waals surface area (Å²) in [4.78, 5) is 0. The normalized spacial score (nSPS) is 10.7. The number of ether oxygens (including phenoxy) is 1. The van der Waals surface area contributed by atoms with Gasteiger partial charge in [-0.25, -0.2) is 0 Å². The molecule has 0 atom stereocenters. The predicted molar refractivity (Wildman–Crippen MR) is 94.0 cm³/mol. The summed E-state index contributed by atoms with van der Waals surface area (Å²) >= 11 is 13.7. The van der Waals surface area contributed by atoms with Gasteiger partial charge in [0.15, 0.2) is 10.9 Å². The first-order chi connectivity index (χ1) is 11.3. The number of hydrogen-bond acceptors (Lipinski definition) is 4. The first-order valence-electron chi connectivity index (χ1n) is 6.91. The maximum absolute atomic E-state index is 6.07. The lowest BCUT2D eigenvalue weighted by atomic mass is 10.3. The lowest BCUT2D eigenvalue weighted by Crippen LogP contribution is -2.03. The van der Waals surface area contributed by atoms with Gasteiger partial charge < -0.3 is 4.74 Å². The molecule has 4 nitrogen and oxygen atoms in total. The highest BCUT2D eigenvalue weighted by molar-refractivity contribution is 7.99. The maximum atomic E-state index is 6.07. The Labute approximate surface area is 148 Å². The van der Waals surface area contributed by atoms with Crippen molar-refractivity contribution in [1.82, 2.24) is 14.8 Å². The van der Waals surface area contributed by atoms with Crippen LogP contribution in [0.4, 0.5) is 0 Å². The van der Waals surface area contributed by atoms with E-state index in [4.69, 9.17) is 27.9 Å². The zero-order valence-electron chi connectivity index (χ0n) is 12.0. The largest absolute Gasteiger partial charge is 0.490 e. The molecular formula is C16H13Cl2N3OS. The third kappa shape index (κ3) is 3.99. The van der Waals surface area contributed by atoms with E-state index in [1.165, 1.54) is 0 Å². The number of benzene rings is 2. The summed E-state index contributed by atoms with van der Waals surface area (Å²) < 4.78 is 7.61. The van der Waals surface area contributed by atoms with Crippen LogP contribution < -0.4 is 4.74 Å². The zero-order valence-corrected chi connectivity index (χ0v) is 14.4. The summed E-state index contributed by atoms with van der Waals surface area (Å²) in [5, 5.41) is 9.94. The van der Waals surface area contributed by atoms with Crippen molar-refractivity contribution >= 4 is 35.0 Å². The molecule has 0 radical (unpaired) electrons. The van der Waals surface area contributed by atoms with Crippen LogP contribution in [0.5, 0.6) is 5.75 Å². The Kier molecular flexibility index (Phi) is 5.43. The Morgan fingerprint density at radius 3 is 2.48 bits per heavy atom. The van der Waals surface area contributed by atoms with Gasteiger partial charge in [-0.2, -0.15) is 0 Å². The second-order valence-corrected chi connectivity index (χ2v) is 6.44. The van der Waals surface area contributed by atoms with Crippen molar-refractivity contribution in [2.45, 2.75) is 5.16 Å². The fraction of sp³-hybridized carbons (Fsp3) is 0.125. The predicted octanol–water partition coefficient (Wildman–Crippen LogP) is 4.75. The topological polar surface area (TPSA) is 39.9 Å². The van der Waals surface area contributed by atoms with Gasteiger partial charge in [0, 0.05) is 11.4 Å². The minimum atomic E-state index is 0.468. The lowest BCUT2D eigenvalue weighted by Gasteiger charge is -2.09. The van der Waals surface area contributed by atoms with Gasteiger partial charge in [0.25, 0.3) is 0 Å². The standard InChI is InChI=1S/C16H13Cl2N3OS/c17-13-7-4-8-14(18)15(13)22-9-10-23-16-20-19-11-21(16)12-5-2-1-3-6-12/h1-8,11H,9-10H2. The summed E-state index contributed by atoms with van der Waals surface area (Å²) in [5.41, 5.74) is 1.02. The number of nitrogens with zero attached hydrogens (tertiary/aromatic N) is 3. The number of halogens is 2. The van der Waals surface area contributed by atoms with Crippen LogP contribution in [0.25, 0.3) is 5.69 Å². The van der Waals surface area contributed by atoms with Crippen molar-refractivity contribution in [3.8, 4) is 11.4 Å². The lowest BCUT2D eigenvalue weighted by molar-refractivity contribution is 0.344. The van der Waals surface area contributed by atoms with E-state index in [-0.39, 0.29) is 0 Å². The Morgan fingerprint density at radius 2 is 1.74 bits per heavy atom. The molecule has 0 unspecified atom stereocenters. The van der Waals surface area contributed by atoms with Crippen LogP contribution in [-0.2, 0) is 0 Å². The van der Waals surface area contributed by atoms with Crippen LogP contribution in [-0.4, -0.2) is 27.1 Å². The number of para-hydroxylation sites is 2. The van der Waals surface area contributed by atoms with Gasteiger partial charge in [-0.15, -0.1) is 10.2 Å². The molecular weight excluding hydrogens is 353 g/mol. The number of rotatable bonds is 6. The molecule has 23 heavy (non-hydrogen) atoms. The second-order valence-electron chi connectivity index (χ2n) is 4.57. The fourth-order valence-corrected chi connectivity index (χ4v) is 3.24. The molecule has 0 aliphatic carbocycles. The van der Waals surface area contributed by atoms with Gasteiger partial charge in [0.2, 0.25) is 0 Å². The number of hydrogen-bond donors (Lipinski definition) is 0. The molecule has 2 aromatic carbocycles. The van der Waals surface area contributed by atoms with E-state index in [0.717, 1.165) is 10.8 Å². The summed E-state index contributed by atoms with van der Waals surface area (Å²) in [6.07, 6.45) is 1.70. The van der Waals surface area contributed by atoms with Crippen LogP contribution in [0, 0.1) is 0 Å². The molecule has 0 aliphatic rings. The number of thioether (sulfide) groups is 1. The quantitative estimate of drug-likeness (QED) is 0.466. The third-order valence-electron chi connectivity index (χ3n) is 3.03. The first-order valence-corrected chi connectivity index (χ1v) is 8.65. The van der Waals surface area contributed by atoms with Crippen molar-refractivity contribution in [2.24, 2.45) is 0 Å². The minimum absolute atomic E-state index is 0.468. The van der Waals surface area contributed by atoms with Crippen molar-refractivity contribution in [3.63, 3.8) is 0 Å². The molecule has 7 heteroatoms. The van der Waals surface area contributed by atoms with E-state index in [0.29, 0.717) is 28.2 Å². The van der Waals surface area contributed by atoms with Gasteiger partial charge in [-0.1, -0.05) is 59.2 Å². The molecule has 3 rings (SSSR count). The van der Waals surface area contributed by atoms with Crippen LogP contribution in [0.3, 0.4) is 0 Å². The fourth-order valence-electron chi connectivity index (χ4n) is 1.99. The summed E-state index contributed by atoms with van der Waals surface area (Å²) in [5.74, 6) is 1.22. The summed E-state index contributed by atoms with van der Waals surface area (Å²) in [7, 11) is 0. The molecule has 0 saturated carbocycles. The minimum Gasteiger partial charge on any atom is -0.490 e. The Morgan fingerprint density at radius 1 is 1.00 bits per heavy atom. The Hall–Kier alpha value is -1.69.